The minimum atomic E-state index is -3.81. The molecule has 1 fully saturated rings. The van der Waals surface area contributed by atoms with Crippen molar-refractivity contribution in [1.82, 2.24) is 4.31 Å². The van der Waals surface area contributed by atoms with Crippen molar-refractivity contribution in [2.45, 2.75) is 44.6 Å². The molecular formula is C22H26N2O5S. The topological polar surface area (TPSA) is 92.8 Å². The summed E-state index contributed by atoms with van der Waals surface area (Å²) in [4.78, 5) is 24.8. The second-order valence-corrected chi connectivity index (χ2v) is 9.51. The fraction of sp³-hybridized carbons (Fsp3) is 0.364. The average molecular weight is 431 g/mol. The molecule has 3 rings (SSSR count). The minimum Gasteiger partial charge on any atom is -0.454 e. The smallest absolute Gasteiger partial charge is 0.324 e. The number of nitrogens with one attached hydrogen (secondary N) is 1. The summed E-state index contributed by atoms with van der Waals surface area (Å²) in [7, 11) is -3.81. The molecular weight excluding hydrogens is 404 g/mol. The highest BCUT2D eigenvalue weighted by Crippen LogP contribution is 2.27. The molecule has 0 aliphatic carbocycles. The Balaban J connectivity index is 1.63. The van der Waals surface area contributed by atoms with E-state index < -0.39 is 34.5 Å². The zero-order chi connectivity index (χ0) is 21.9. The van der Waals surface area contributed by atoms with Gasteiger partial charge in [-0.2, -0.15) is 4.31 Å². The standard InChI is InChI=1S/C22H26N2O5S/c1-15-6-8-19(9-7-15)30(27,28)24-10-4-5-20(24)22(26)29-14-21(25)23-18-12-16(2)11-17(3)13-18/h6-9,11-13,20H,4-5,10,14H2,1-3H3,(H,23,25)/t20-/m1/s1. The van der Waals surface area contributed by atoms with Crippen LogP contribution in [0.4, 0.5) is 5.69 Å². The Kier molecular flexibility index (Phi) is 6.58. The largest absolute Gasteiger partial charge is 0.454 e. The molecule has 0 spiro atoms. The molecule has 160 valence electrons. The molecule has 1 N–H and O–H groups in total. The molecule has 1 aliphatic heterocycles. The van der Waals surface area contributed by atoms with Crippen molar-refractivity contribution in [3.8, 4) is 0 Å². The fourth-order valence-electron chi connectivity index (χ4n) is 3.59. The van der Waals surface area contributed by atoms with Gasteiger partial charge in [-0.25, -0.2) is 8.42 Å². The molecule has 1 aliphatic rings. The Morgan fingerprint density at radius 1 is 1.03 bits per heavy atom. The number of esters is 1. The van der Waals surface area contributed by atoms with Crippen LogP contribution in [0.15, 0.2) is 47.4 Å². The van der Waals surface area contributed by atoms with E-state index in [1.54, 1.807) is 12.1 Å². The van der Waals surface area contributed by atoms with Crippen molar-refractivity contribution < 1.29 is 22.7 Å². The third-order valence-corrected chi connectivity index (χ3v) is 6.88. The summed E-state index contributed by atoms with van der Waals surface area (Å²) in [5, 5.41) is 2.69. The van der Waals surface area contributed by atoms with Crippen molar-refractivity contribution in [3.05, 3.63) is 59.2 Å². The van der Waals surface area contributed by atoms with Gasteiger partial charge in [0.25, 0.3) is 5.91 Å². The normalized spacial score (nSPS) is 17.0. The number of benzene rings is 2. The average Bonchev–Trinajstić information content (AvgIpc) is 3.16. The van der Waals surface area contributed by atoms with E-state index in [0.29, 0.717) is 18.5 Å². The highest BCUT2D eigenvalue weighted by molar-refractivity contribution is 7.89. The van der Waals surface area contributed by atoms with Gasteiger partial charge in [0.1, 0.15) is 6.04 Å². The van der Waals surface area contributed by atoms with Crippen LogP contribution in [-0.4, -0.2) is 43.8 Å². The molecule has 0 bridgehead atoms. The third-order valence-electron chi connectivity index (χ3n) is 4.95. The molecule has 0 aromatic heterocycles. The van der Waals surface area contributed by atoms with Gasteiger partial charge in [-0.05, 0) is 69.0 Å². The minimum absolute atomic E-state index is 0.139. The predicted molar refractivity (Wildman–Crippen MR) is 114 cm³/mol. The quantitative estimate of drug-likeness (QED) is 0.712. The molecule has 1 heterocycles. The lowest BCUT2D eigenvalue weighted by molar-refractivity contribution is -0.150. The highest BCUT2D eigenvalue weighted by atomic mass is 32.2. The van der Waals surface area contributed by atoms with Crippen LogP contribution >= 0.6 is 0 Å². The van der Waals surface area contributed by atoms with E-state index in [4.69, 9.17) is 4.74 Å². The van der Waals surface area contributed by atoms with Crippen LogP contribution in [0.5, 0.6) is 0 Å². The first-order valence-electron chi connectivity index (χ1n) is 9.80. The maximum absolute atomic E-state index is 12.9. The summed E-state index contributed by atoms with van der Waals surface area (Å²) < 4.78 is 32.2. The summed E-state index contributed by atoms with van der Waals surface area (Å²) >= 11 is 0. The van der Waals surface area contributed by atoms with E-state index in [1.807, 2.05) is 39.0 Å². The SMILES string of the molecule is Cc1ccc(S(=O)(=O)N2CCC[C@@H]2C(=O)OCC(=O)Nc2cc(C)cc(C)c2)cc1. The predicted octanol–water partition coefficient (Wildman–Crippen LogP) is 2.95. The number of anilines is 1. The number of sulfonamides is 1. The van der Waals surface area contributed by atoms with E-state index in [-0.39, 0.29) is 11.4 Å². The van der Waals surface area contributed by atoms with E-state index >= 15 is 0 Å². The zero-order valence-corrected chi connectivity index (χ0v) is 18.2. The van der Waals surface area contributed by atoms with Gasteiger partial charge in [-0.3, -0.25) is 9.59 Å². The van der Waals surface area contributed by atoms with Crippen LogP contribution in [0.3, 0.4) is 0 Å². The summed E-state index contributed by atoms with van der Waals surface area (Å²) in [6.45, 7) is 5.48. The summed E-state index contributed by atoms with van der Waals surface area (Å²) in [6, 6.07) is 11.2. The summed E-state index contributed by atoms with van der Waals surface area (Å²) in [5.41, 5.74) is 3.58. The number of carbonyl (C=O) groups is 2. The van der Waals surface area contributed by atoms with Crippen molar-refractivity contribution in [3.63, 3.8) is 0 Å². The van der Waals surface area contributed by atoms with E-state index in [2.05, 4.69) is 5.32 Å². The zero-order valence-electron chi connectivity index (χ0n) is 17.3. The molecule has 0 unspecified atom stereocenters. The number of rotatable bonds is 6. The molecule has 2 aromatic carbocycles. The molecule has 2 aromatic rings. The van der Waals surface area contributed by atoms with Crippen molar-refractivity contribution in [2.24, 2.45) is 0 Å². The van der Waals surface area contributed by atoms with Crippen LogP contribution in [0, 0.1) is 20.8 Å². The second-order valence-electron chi connectivity index (χ2n) is 7.62. The van der Waals surface area contributed by atoms with E-state index in [9.17, 15) is 18.0 Å². The first kappa shape index (κ1) is 22.0. The maximum atomic E-state index is 12.9. The van der Waals surface area contributed by atoms with Crippen molar-refractivity contribution >= 4 is 27.6 Å². The molecule has 30 heavy (non-hydrogen) atoms. The van der Waals surface area contributed by atoms with Gasteiger partial charge in [0, 0.05) is 12.2 Å². The third kappa shape index (κ3) is 5.06. The second kappa shape index (κ2) is 8.97. The van der Waals surface area contributed by atoms with E-state index in [1.165, 1.54) is 16.4 Å². The van der Waals surface area contributed by atoms with Gasteiger partial charge in [0.05, 0.1) is 4.90 Å². The Morgan fingerprint density at radius 2 is 1.67 bits per heavy atom. The molecule has 0 radical (unpaired) electrons. The van der Waals surface area contributed by atoms with Crippen molar-refractivity contribution in [1.29, 1.82) is 0 Å². The lowest BCUT2D eigenvalue weighted by atomic mass is 10.1. The molecule has 1 saturated heterocycles. The Hall–Kier alpha value is -2.71. The number of amides is 1. The number of hydrogen-bond acceptors (Lipinski definition) is 5. The number of carbonyl (C=O) groups excluding carboxylic acids is 2. The maximum Gasteiger partial charge on any atom is 0.324 e. The molecule has 7 nitrogen and oxygen atoms in total. The Labute approximate surface area is 177 Å². The van der Waals surface area contributed by atoms with Gasteiger partial charge in [-0.1, -0.05) is 23.8 Å². The number of aryl methyl sites for hydroxylation is 3. The monoisotopic (exact) mass is 430 g/mol. The van der Waals surface area contributed by atoms with Crippen LogP contribution in [-0.2, 0) is 24.3 Å². The summed E-state index contributed by atoms with van der Waals surface area (Å²) in [5.74, 6) is -1.18. The van der Waals surface area contributed by atoms with Gasteiger partial charge in [0.2, 0.25) is 10.0 Å². The van der Waals surface area contributed by atoms with Gasteiger partial charge < -0.3 is 10.1 Å². The molecule has 0 saturated carbocycles. The number of hydrogen-bond donors (Lipinski definition) is 1. The molecule has 8 heteroatoms. The molecule has 1 amide bonds. The van der Waals surface area contributed by atoms with Gasteiger partial charge >= 0.3 is 5.97 Å². The first-order valence-corrected chi connectivity index (χ1v) is 11.2. The van der Waals surface area contributed by atoms with Gasteiger partial charge in [-0.15, -0.1) is 0 Å². The number of nitrogens with zero attached hydrogens (tertiary/aromatic N) is 1. The van der Waals surface area contributed by atoms with Crippen LogP contribution in [0.25, 0.3) is 0 Å². The first-order chi connectivity index (χ1) is 14.2. The van der Waals surface area contributed by atoms with Crippen LogP contribution in [0.2, 0.25) is 0 Å². The lowest BCUT2D eigenvalue weighted by Crippen LogP contribution is -2.42. The van der Waals surface area contributed by atoms with Crippen molar-refractivity contribution in [2.75, 3.05) is 18.5 Å². The Morgan fingerprint density at radius 3 is 2.30 bits per heavy atom. The van der Waals surface area contributed by atoms with E-state index in [0.717, 1.165) is 16.7 Å². The molecule has 1 atom stereocenters. The highest BCUT2D eigenvalue weighted by Gasteiger charge is 2.40. The van der Waals surface area contributed by atoms with Gasteiger partial charge in [0.15, 0.2) is 6.61 Å². The Bertz CT molecular complexity index is 1030. The number of ether oxygens (including phenoxy) is 1. The van der Waals surface area contributed by atoms with Crippen LogP contribution < -0.4 is 5.32 Å². The summed E-state index contributed by atoms with van der Waals surface area (Å²) in [6.07, 6.45) is 0.919. The fourth-order valence-corrected chi connectivity index (χ4v) is 5.23. The van der Waals surface area contributed by atoms with Crippen LogP contribution in [0.1, 0.15) is 29.5 Å². The lowest BCUT2D eigenvalue weighted by Gasteiger charge is -2.22.